The van der Waals surface area contributed by atoms with Crippen molar-refractivity contribution in [2.45, 2.75) is 30.4 Å². The first kappa shape index (κ1) is 26.8. The van der Waals surface area contributed by atoms with Crippen LogP contribution >= 0.6 is 0 Å². The van der Waals surface area contributed by atoms with E-state index >= 15 is 0 Å². The monoisotopic (exact) mass is 545 g/mol. The fourth-order valence-electron chi connectivity index (χ4n) is 4.13. The van der Waals surface area contributed by atoms with Crippen LogP contribution in [-0.4, -0.2) is 40.1 Å². The van der Waals surface area contributed by atoms with E-state index in [1.807, 2.05) is 19.1 Å². The van der Waals surface area contributed by atoms with Crippen LogP contribution in [0.3, 0.4) is 0 Å². The summed E-state index contributed by atoms with van der Waals surface area (Å²) in [5.74, 6) is -1.27. The summed E-state index contributed by atoms with van der Waals surface area (Å²) in [6, 6.07) is 18.3. The minimum atomic E-state index is -3.79. The Labute approximate surface area is 216 Å². The number of halogens is 1. The smallest absolute Gasteiger partial charge is 0.261 e. The fraction of sp³-hybridized carbons (Fsp3) is 0.269. The Bertz CT molecular complexity index is 1470. The highest BCUT2D eigenvalue weighted by atomic mass is 32.2. The van der Waals surface area contributed by atoms with Crippen molar-refractivity contribution in [3.05, 3.63) is 89.7 Å². The lowest BCUT2D eigenvalue weighted by Gasteiger charge is -2.30. The third-order valence-electron chi connectivity index (χ3n) is 6.30. The van der Waals surface area contributed by atoms with E-state index in [0.717, 1.165) is 5.56 Å². The van der Waals surface area contributed by atoms with Gasteiger partial charge in [-0.15, -0.1) is 0 Å². The number of sulfonamides is 2. The van der Waals surface area contributed by atoms with Crippen molar-refractivity contribution in [3.63, 3.8) is 0 Å². The molecule has 0 saturated carbocycles. The minimum absolute atomic E-state index is 0.0634. The molecule has 2 N–H and O–H groups in total. The van der Waals surface area contributed by atoms with Crippen molar-refractivity contribution in [1.82, 2.24) is 4.31 Å². The average Bonchev–Trinajstić information content (AvgIpc) is 2.87. The number of nitrogens with zero attached hydrogens (tertiary/aromatic N) is 1. The van der Waals surface area contributed by atoms with Crippen molar-refractivity contribution in [1.29, 1.82) is 0 Å². The zero-order valence-electron chi connectivity index (χ0n) is 20.2. The Kier molecular flexibility index (Phi) is 7.96. The molecule has 4 rings (SSSR count). The van der Waals surface area contributed by atoms with Crippen LogP contribution in [0.15, 0.2) is 77.7 Å². The van der Waals surface area contributed by atoms with Gasteiger partial charge in [0.1, 0.15) is 5.82 Å². The molecule has 8 nitrogen and oxygen atoms in total. The van der Waals surface area contributed by atoms with Gasteiger partial charge in [-0.1, -0.05) is 30.3 Å². The highest BCUT2D eigenvalue weighted by molar-refractivity contribution is 7.92. The van der Waals surface area contributed by atoms with Gasteiger partial charge in [0.25, 0.3) is 10.0 Å². The summed E-state index contributed by atoms with van der Waals surface area (Å²) in [6.45, 7) is 2.23. The lowest BCUT2D eigenvalue weighted by atomic mass is 9.97. The Balaban J connectivity index is 1.31. The molecule has 0 bridgehead atoms. The van der Waals surface area contributed by atoms with Crippen LogP contribution in [0.25, 0.3) is 0 Å². The molecule has 3 aromatic rings. The van der Waals surface area contributed by atoms with E-state index < -0.39 is 25.9 Å². The predicted molar refractivity (Wildman–Crippen MR) is 140 cm³/mol. The molecule has 3 aromatic carbocycles. The molecule has 37 heavy (non-hydrogen) atoms. The first-order valence-electron chi connectivity index (χ1n) is 11.8. The van der Waals surface area contributed by atoms with Crippen LogP contribution < -0.4 is 10.0 Å². The summed E-state index contributed by atoms with van der Waals surface area (Å²) >= 11 is 0. The van der Waals surface area contributed by atoms with Gasteiger partial charge in [-0.2, -0.15) is 0 Å². The number of hydrogen-bond donors (Lipinski definition) is 2. The zero-order valence-corrected chi connectivity index (χ0v) is 21.9. The van der Waals surface area contributed by atoms with Crippen LogP contribution in [0.2, 0.25) is 0 Å². The largest absolute Gasteiger partial charge is 0.326 e. The lowest BCUT2D eigenvalue weighted by molar-refractivity contribution is -0.120. The van der Waals surface area contributed by atoms with Gasteiger partial charge in [-0.05, 0) is 73.4 Å². The van der Waals surface area contributed by atoms with Gasteiger partial charge in [0, 0.05) is 24.7 Å². The number of carbonyl (C=O) groups is 1. The molecule has 1 amide bonds. The Morgan fingerprint density at radius 2 is 1.54 bits per heavy atom. The molecule has 1 saturated heterocycles. The van der Waals surface area contributed by atoms with E-state index in [4.69, 9.17) is 0 Å². The third-order valence-corrected chi connectivity index (χ3v) is 9.53. The first-order valence-corrected chi connectivity index (χ1v) is 14.8. The van der Waals surface area contributed by atoms with Gasteiger partial charge < -0.3 is 5.32 Å². The number of piperidine rings is 1. The quantitative estimate of drug-likeness (QED) is 0.442. The van der Waals surface area contributed by atoms with Crippen molar-refractivity contribution < 1.29 is 26.0 Å². The average molecular weight is 546 g/mol. The van der Waals surface area contributed by atoms with E-state index in [-0.39, 0.29) is 35.6 Å². The Morgan fingerprint density at radius 3 is 2.16 bits per heavy atom. The molecule has 1 heterocycles. The molecule has 0 aromatic heterocycles. The summed E-state index contributed by atoms with van der Waals surface area (Å²) in [6.07, 6.45) is 0.725. The van der Waals surface area contributed by atoms with Crippen LogP contribution in [0.1, 0.15) is 24.0 Å². The van der Waals surface area contributed by atoms with Crippen molar-refractivity contribution in [2.24, 2.45) is 5.92 Å². The number of aryl methyl sites for hydroxylation is 1. The standard InChI is InChI=1S/C26H28FN3O5S2/c1-19-4-2-3-5-25(19)29-37(34,35)24-12-10-23(11-13-24)28-26(31)21-14-16-30(17-15-21)36(32,33)18-20-6-8-22(27)9-7-20/h2-13,21,29H,14-18H2,1H3,(H,28,31). The van der Waals surface area contributed by atoms with E-state index in [1.54, 1.807) is 12.1 Å². The number of para-hydroxylation sites is 1. The molecule has 1 aliphatic rings. The van der Waals surface area contributed by atoms with Gasteiger partial charge in [0.05, 0.1) is 16.3 Å². The molecule has 0 unspecified atom stereocenters. The molecule has 1 fully saturated rings. The van der Waals surface area contributed by atoms with Crippen molar-refractivity contribution in [3.8, 4) is 0 Å². The highest BCUT2D eigenvalue weighted by Gasteiger charge is 2.31. The maximum atomic E-state index is 13.1. The van der Waals surface area contributed by atoms with Gasteiger partial charge in [0.15, 0.2) is 0 Å². The van der Waals surface area contributed by atoms with Crippen LogP contribution in [0.5, 0.6) is 0 Å². The number of nitrogens with one attached hydrogen (secondary N) is 2. The molecule has 0 aliphatic carbocycles. The predicted octanol–water partition coefficient (Wildman–Crippen LogP) is 4.12. The summed E-state index contributed by atoms with van der Waals surface area (Å²) < 4.78 is 67.9. The van der Waals surface area contributed by atoms with Crippen molar-refractivity contribution in [2.75, 3.05) is 23.1 Å². The number of hydrogen-bond acceptors (Lipinski definition) is 5. The van der Waals surface area contributed by atoms with E-state index in [1.165, 1.54) is 52.8 Å². The fourth-order valence-corrected chi connectivity index (χ4v) is 6.83. The molecular weight excluding hydrogens is 517 g/mol. The topological polar surface area (TPSA) is 113 Å². The number of carbonyl (C=O) groups excluding carboxylic acids is 1. The van der Waals surface area contributed by atoms with Gasteiger partial charge in [-0.25, -0.2) is 25.5 Å². The molecular formula is C26H28FN3O5S2. The summed E-state index contributed by atoms with van der Waals surface area (Å²) in [5, 5.41) is 2.79. The molecule has 0 spiro atoms. The van der Waals surface area contributed by atoms with E-state index in [9.17, 15) is 26.0 Å². The third kappa shape index (κ3) is 6.73. The normalized spacial score (nSPS) is 15.3. The highest BCUT2D eigenvalue weighted by Crippen LogP contribution is 2.25. The SMILES string of the molecule is Cc1ccccc1NS(=O)(=O)c1ccc(NC(=O)C2CCN(S(=O)(=O)Cc3ccc(F)cc3)CC2)cc1. The Morgan fingerprint density at radius 1 is 0.919 bits per heavy atom. The first-order chi connectivity index (χ1) is 17.5. The van der Waals surface area contributed by atoms with Gasteiger partial charge in [0.2, 0.25) is 15.9 Å². The maximum Gasteiger partial charge on any atom is 0.261 e. The van der Waals surface area contributed by atoms with E-state index in [2.05, 4.69) is 10.0 Å². The lowest BCUT2D eigenvalue weighted by Crippen LogP contribution is -2.41. The molecule has 0 radical (unpaired) electrons. The van der Waals surface area contributed by atoms with Crippen LogP contribution in [-0.2, 0) is 30.6 Å². The van der Waals surface area contributed by atoms with Crippen LogP contribution in [0.4, 0.5) is 15.8 Å². The molecule has 196 valence electrons. The van der Waals surface area contributed by atoms with Gasteiger partial charge in [-0.3, -0.25) is 9.52 Å². The number of benzene rings is 3. The molecule has 1 aliphatic heterocycles. The second kappa shape index (κ2) is 11.0. The van der Waals surface area contributed by atoms with Crippen molar-refractivity contribution >= 4 is 37.3 Å². The second-order valence-electron chi connectivity index (χ2n) is 8.99. The zero-order chi connectivity index (χ0) is 26.6. The van der Waals surface area contributed by atoms with Crippen LogP contribution in [0, 0.1) is 18.7 Å². The van der Waals surface area contributed by atoms with E-state index in [0.29, 0.717) is 29.8 Å². The molecule has 0 atom stereocenters. The molecule has 11 heteroatoms. The second-order valence-corrected chi connectivity index (χ2v) is 12.6. The van der Waals surface area contributed by atoms with Gasteiger partial charge >= 0.3 is 0 Å². The maximum absolute atomic E-state index is 13.1. The summed E-state index contributed by atoms with van der Waals surface area (Å²) in [5.41, 5.74) is 2.24. The number of anilines is 2. The number of amides is 1. The Hall–Kier alpha value is -3.28. The summed E-state index contributed by atoms with van der Waals surface area (Å²) in [4.78, 5) is 12.8. The minimum Gasteiger partial charge on any atom is -0.326 e. The summed E-state index contributed by atoms with van der Waals surface area (Å²) in [7, 11) is -7.38. The number of rotatable bonds is 8.